The number of thiazole rings is 1. The summed E-state index contributed by atoms with van der Waals surface area (Å²) in [4.78, 5) is 29.2. The number of carbonyl (C=O) groups is 2. The Kier molecular flexibility index (Phi) is 6.62. The van der Waals surface area contributed by atoms with Gasteiger partial charge in [-0.15, -0.1) is 0 Å². The molecule has 8 heteroatoms. The lowest BCUT2D eigenvalue weighted by Crippen LogP contribution is -2.25. The third kappa shape index (κ3) is 5.55. The number of nitrogens with zero attached hydrogens (tertiary/aromatic N) is 1. The second-order valence-corrected chi connectivity index (χ2v) is 7.45. The van der Waals surface area contributed by atoms with Crippen molar-refractivity contribution in [2.45, 2.75) is 13.3 Å². The summed E-state index contributed by atoms with van der Waals surface area (Å²) < 4.78 is 0. The molecule has 0 atom stereocenters. The van der Waals surface area contributed by atoms with Crippen LogP contribution in [0.1, 0.15) is 20.9 Å². The molecule has 144 valence electrons. The molecule has 0 fully saturated rings. The van der Waals surface area contributed by atoms with Gasteiger partial charge in [0.15, 0.2) is 5.13 Å². The van der Waals surface area contributed by atoms with E-state index in [1.165, 1.54) is 0 Å². The van der Waals surface area contributed by atoms with Crippen molar-refractivity contribution in [1.82, 2.24) is 10.3 Å². The average molecular weight is 415 g/mol. The van der Waals surface area contributed by atoms with Crippen LogP contribution in [-0.2, 0) is 6.42 Å². The summed E-state index contributed by atoms with van der Waals surface area (Å²) in [7, 11) is 0. The number of amides is 3. The first-order valence-electron chi connectivity index (χ1n) is 8.64. The van der Waals surface area contributed by atoms with Gasteiger partial charge < -0.3 is 10.6 Å². The standard InChI is InChI=1S/C20H19ClN4O2S/c1-13-17(18(26)22-11-10-14-6-3-2-4-7-14)28-20(23-13)25-19(27)24-16-9-5-8-15(21)12-16/h2-9,12H,10-11H2,1H3,(H,22,26)(H2,23,24,25,27). The Hall–Kier alpha value is -2.90. The van der Waals surface area contributed by atoms with Crippen LogP contribution in [0.15, 0.2) is 54.6 Å². The zero-order valence-electron chi connectivity index (χ0n) is 15.2. The summed E-state index contributed by atoms with van der Waals surface area (Å²) in [5.74, 6) is -0.200. The fourth-order valence-electron chi connectivity index (χ4n) is 2.53. The minimum absolute atomic E-state index is 0.200. The van der Waals surface area contributed by atoms with E-state index in [0.717, 1.165) is 23.3 Å². The van der Waals surface area contributed by atoms with E-state index in [9.17, 15) is 9.59 Å². The number of anilines is 2. The summed E-state index contributed by atoms with van der Waals surface area (Å²) >= 11 is 7.04. The Morgan fingerprint density at radius 3 is 2.61 bits per heavy atom. The summed E-state index contributed by atoms with van der Waals surface area (Å²) in [6, 6.07) is 16.3. The number of carbonyl (C=O) groups excluding carboxylic acids is 2. The van der Waals surface area contributed by atoms with Crippen molar-refractivity contribution in [3.05, 3.63) is 75.8 Å². The Labute approximate surface area is 172 Å². The van der Waals surface area contributed by atoms with E-state index in [1.807, 2.05) is 30.3 Å². The number of benzene rings is 2. The smallest absolute Gasteiger partial charge is 0.325 e. The highest BCUT2D eigenvalue weighted by molar-refractivity contribution is 7.17. The first-order chi connectivity index (χ1) is 13.5. The highest BCUT2D eigenvalue weighted by Gasteiger charge is 2.16. The van der Waals surface area contributed by atoms with Gasteiger partial charge in [-0.2, -0.15) is 0 Å². The van der Waals surface area contributed by atoms with Crippen LogP contribution in [0.25, 0.3) is 0 Å². The number of aryl methyl sites for hydroxylation is 1. The van der Waals surface area contributed by atoms with Gasteiger partial charge in [0.1, 0.15) is 4.88 Å². The predicted molar refractivity (Wildman–Crippen MR) is 113 cm³/mol. The van der Waals surface area contributed by atoms with Crippen LogP contribution in [0.3, 0.4) is 0 Å². The van der Waals surface area contributed by atoms with Gasteiger partial charge in [-0.25, -0.2) is 9.78 Å². The zero-order chi connectivity index (χ0) is 19.9. The second kappa shape index (κ2) is 9.34. The average Bonchev–Trinajstić information content (AvgIpc) is 3.02. The molecule has 0 spiro atoms. The van der Waals surface area contributed by atoms with Crippen LogP contribution in [-0.4, -0.2) is 23.5 Å². The minimum Gasteiger partial charge on any atom is -0.351 e. The summed E-state index contributed by atoms with van der Waals surface area (Å²) in [5, 5.41) is 9.08. The fraction of sp³-hybridized carbons (Fsp3) is 0.150. The van der Waals surface area contributed by atoms with Gasteiger partial charge in [-0.05, 0) is 37.1 Å². The molecule has 0 radical (unpaired) electrons. The maximum Gasteiger partial charge on any atom is 0.325 e. The molecule has 0 unspecified atom stereocenters. The normalized spacial score (nSPS) is 10.4. The van der Waals surface area contributed by atoms with Crippen LogP contribution in [0, 0.1) is 6.92 Å². The Morgan fingerprint density at radius 1 is 1.07 bits per heavy atom. The molecule has 1 heterocycles. The molecule has 3 rings (SSSR count). The van der Waals surface area contributed by atoms with Crippen molar-refractivity contribution >= 4 is 45.7 Å². The summed E-state index contributed by atoms with van der Waals surface area (Å²) in [6.07, 6.45) is 0.748. The highest BCUT2D eigenvalue weighted by Crippen LogP contribution is 2.23. The second-order valence-electron chi connectivity index (χ2n) is 6.01. The van der Waals surface area contributed by atoms with E-state index in [2.05, 4.69) is 20.9 Å². The quantitative estimate of drug-likeness (QED) is 0.545. The molecule has 2 aromatic carbocycles. The molecule has 6 nitrogen and oxygen atoms in total. The molecule has 3 N–H and O–H groups in total. The monoisotopic (exact) mass is 414 g/mol. The van der Waals surface area contributed by atoms with Crippen molar-refractivity contribution in [3.63, 3.8) is 0 Å². The first kappa shape index (κ1) is 19.9. The van der Waals surface area contributed by atoms with Crippen molar-refractivity contribution in [2.75, 3.05) is 17.2 Å². The highest BCUT2D eigenvalue weighted by atomic mass is 35.5. The number of hydrogen-bond donors (Lipinski definition) is 3. The summed E-state index contributed by atoms with van der Waals surface area (Å²) in [5.41, 5.74) is 2.29. The number of halogens is 1. The lowest BCUT2D eigenvalue weighted by atomic mass is 10.1. The zero-order valence-corrected chi connectivity index (χ0v) is 16.7. The lowest BCUT2D eigenvalue weighted by Gasteiger charge is -2.05. The summed E-state index contributed by atoms with van der Waals surface area (Å²) in [6.45, 7) is 2.26. The predicted octanol–water partition coefficient (Wildman–Crippen LogP) is 4.72. The van der Waals surface area contributed by atoms with Gasteiger partial charge in [-0.3, -0.25) is 10.1 Å². The Balaban J connectivity index is 1.54. The Bertz CT molecular complexity index is 975. The maximum atomic E-state index is 12.4. The maximum absolute atomic E-state index is 12.4. The van der Waals surface area contributed by atoms with Crippen molar-refractivity contribution < 1.29 is 9.59 Å². The molecule has 0 saturated heterocycles. The molecule has 3 amide bonds. The lowest BCUT2D eigenvalue weighted by molar-refractivity contribution is 0.0957. The van der Waals surface area contributed by atoms with E-state index in [1.54, 1.807) is 31.2 Å². The number of hydrogen-bond acceptors (Lipinski definition) is 4. The number of urea groups is 1. The van der Waals surface area contributed by atoms with Crippen LogP contribution >= 0.6 is 22.9 Å². The molecule has 0 aliphatic carbocycles. The van der Waals surface area contributed by atoms with Crippen molar-refractivity contribution in [1.29, 1.82) is 0 Å². The SMILES string of the molecule is Cc1nc(NC(=O)Nc2cccc(Cl)c2)sc1C(=O)NCCc1ccccc1. The molecular formula is C20H19ClN4O2S. The number of nitrogens with one attached hydrogen (secondary N) is 3. The van der Waals surface area contributed by atoms with E-state index in [0.29, 0.717) is 33.0 Å². The minimum atomic E-state index is -0.452. The van der Waals surface area contributed by atoms with Gasteiger partial charge in [0.2, 0.25) is 0 Å². The van der Waals surface area contributed by atoms with Crippen molar-refractivity contribution in [3.8, 4) is 0 Å². The van der Waals surface area contributed by atoms with Crippen LogP contribution < -0.4 is 16.0 Å². The van der Waals surface area contributed by atoms with Gasteiger partial charge in [0.05, 0.1) is 5.69 Å². The van der Waals surface area contributed by atoms with Gasteiger partial charge in [0.25, 0.3) is 5.91 Å². The third-order valence-electron chi connectivity index (χ3n) is 3.85. The molecular weight excluding hydrogens is 396 g/mol. The van der Waals surface area contributed by atoms with E-state index in [-0.39, 0.29) is 5.91 Å². The third-order valence-corrected chi connectivity index (χ3v) is 5.15. The molecule has 3 aromatic rings. The van der Waals surface area contributed by atoms with Crippen molar-refractivity contribution in [2.24, 2.45) is 0 Å². The molecule has 0 bridgehead atoms. The van der Waals surface area contributed by atoms with E-state index < -0.39 is 6.03 Å². The van der Waals surface area contributed by atoms with E-state index in [4.69, 9.17) is 11.6 Å². The molecule has 0 saturated carbocycles. The number of aromatic nitrogens is 1. The van der Waals surface area contributed by atoms with Gasteiger partial charge in [-0.1, -0.05) is 59.3 Å². The van der Waals surface area contributed by atoms with E-state index >= 15 is 0 Å². The number of rotatable bonds is 6. The van der Waals surface area contributed by atoms with Gasteiger partial charge >= 0.3 is 6.03 Å². The van der Waals surface area contributed by atoms with Crippen LogP contribution in [0.5, 0.6) is 0 Å². The Morgan fingerprint density at radius 2 is 1.86 bits per heavy atom. The topological polar surface area (TPSA) is 83.1 Å². The van der Waals surface area contributed by atoms with Crippen LogP contribution in [0.2, 0.25) is 5.02 Å². The molecule has 0 aliphatic heterocycles. The molecule has 1 aromatic heterocycles. The first-order valence-corrected chi connectivity index (χ1v) is 9.84. The largest absolute Gasteiger partial charge is 0.351 e. The van der Waals surface area contributed by atoms with Gasteiger partial charge in [0, 0.05) is 17.3 Å². The molecule has 0 aliphatic rings. The van der Waals surface area contributed by atoms with Crippen LogP contribution in [0.4, 0.5) is 15.6 Å². The fourth-order valence-corrected chi connectivity index (χ4v) is 3.60. The molecule has 28 heavy (non-hydrogen) atoms.